The summed E-state index contributed by atoms with van der Waals surface area (Å²) >= 11 is 1.64. The highest BCUT2D eigenvalue weighted by Crippen LogP contribution is 2.33. The summed E-state index contributed by atoms with van der Waals surface area (Å²) < 4.78 is 46.5. The molecule has 0 spiro atoms. The van der Waals surface area contributed by atoms with E-state index in [9.17, 15) is 17.6 Å². The van der Waals surface area contributed by atoms with Crippen molar-refractivity contribution in [3.63, 3.8) is 0 Å². The highest BCUT2D eigenvalue weighted by atomic mass is 79.9. The Hall–Kier alpha value is -0.0600. The van der Waals surface area contributed by atoms with Crippen molar-refractivity contribution in [1.29, 1.82) is 0 Å². The van der Waals surface area contributed by atoms with Crippen molar-refractivity contribution in [2.24, 2.45) is 0 Å². The van der Waals surface area contributed by atoms with Crippen LogP contribution in [0, 0.1) is 0 Å². The summed E-state index contributed by atoms with van der Waals surface area (Å²) in [6.45, 7) is 0.616. The van der Waals surface area contributed by atoms with Crippen molar-refractivity contribution < 1.29 is 17.6 Å². The fraction of sp³-hybridized carbons (Fsp3) is 0.500. The first-order valence-electron chi connectivity index (χ1n) is 1.94. The summed E-state index contributed by atoms with van der Waals surface area (Å²) in [5.74, 6) is -3.60. The van der Waals surface area contributed by atoms with Crippen LogP contribution in [0.3, 0.4) is 0 Å². The standard InChI is InChI=1S/C4H3BrF4/c1-2(6)3(7)4(5,8)9/h1H3/b3-2-. The molecule has 0 aromatic rings. The maximum absolute atomic E-state index is 11.7. The van der Waals surface area contributed by atoms with Gasteiger partial charge in [0.2, 0.25) is 5.83 Å². The molecule has 0 heterocycles. The highest BCUT2D eigenvalue weighted by molar-refractivity contribution is 9.10. The molecule has 0 fully saturated rings. The van der Waals surface area contributed by atoms with E-state index < -0.39 is 16.5 Å². The second-order valence-corrected chi connectivity index (χ2v) is 2.34. The second kappa shape index (κ2) is 2.68. The molecule has 0 unspecified atom stereocenters. The Labute approximate surface area is 57.7 Å². The number of halogens is 5. The van der Waals surface area contributed by atoms with Gasteiger partial charge in [-0.2, -0.15) is 8.78 Å². The van der Waals surface area contributed by atoms with E-state index in [0.717, 1.165) is 0 Å². The Morgan fingerprint density at radius 2 is 1.67 bits per heavy atom. The lowest BCUT2D eigenvalue weighted by Gasteiger charge is -2.03. The van der Waals surface area contributed by atoms with E-state index in [4.69, 9.17) is 0 Å². The minimum absolute atomic E-state index is 0.616. The van der Waals surface area contributed by atoms with Crippen molar-refractivity contribution in [3.8, 4) is 0 Å². The minimum Gasteiger partial charge on any atom is -0.209 e. The smallest absolute Gasteiger partial charge is 0.209 e. The normalized spacial score (nSPS) is 15.3. The largest absolute Gasteiger partial charge is 0.354 e. The van der Waals surface area contributed by atoms with Gasteiger partial charge in [0.15, 0.2) is 0 Å². The molecule has 54 valence electrons. The average Bonchev–Trinajstić information content (AvgIpc) is 1.62. The molecule has 0 amide bonds. The van der Waals surface area contributed by atoms with E-state index in [0.29, 0.717) is 6.92 Å². The van der Waals surface area contributed by atoms with Crippen LogP contribution in [0.5, 0.6) is 0 Å². The van der Waals surface area contributed by atoms with Crippen molar-refractivity contribution >= 4 is 15.9 Å². The topological polar surface area (TPSA) is 0 Å². The molecule has 0 aliphatic carbocycles. The van der Waals surface area contributed by atoms with Gasteiger partial charge < -0.3 is 0 Å². The van der Waals surface area contributed by atoms with Crippen LogP contribution >= 0.6 is 15.9 Å². The van der Waals surface area contributed by atoms with Gasteiger partial charge >= 0.3 is 4.83 Å². The molecule has 5 heteroatoms. The van der Waals surface area contributed by atoms with E-state index >= 15 is 0 Å². The molecule has 0 saturated heterocycles. The molecule has 0 bridgehead atoms. The van der Waals surface area contributed by atoms with Crippen LogP contribution in [0.2, 0.25) is 0 Å². The van der Waals surface area contributed by atoms with Crippen LogP contribution < -0.4 is 0 Å². The first kappa shape index (κ1) is 8.94. The molecule has 0 N–H and O–H groups in total. The molecular weight excluding hydrogens is 204 g/mol. The highest BCUT2D eigenvalue weighted by Gasteiger charge is 2.33. The zero-order valence-corrected chi connectivity index (χ0v) is 5.98. The van der Waals surface area contributed by atoms with Crippen LogP contribution in [0.4, 0.5) is 17.6 Å². The summed E-state index contributed by atoms with van der Waals surface area (Å²) in [4.78, 5) is -3.87. The van der Waals surface area contributed by atoms with Crippen LogP contribution in [0.1, 0.15) is 6.92 Å². The van der Waals surface area contributed by atoms with Crippen molar-refractivity contribution in [2.75, 3.05) is 0 Å². The molecular formula is C4H3BrF4. The quantitative estimate of drug-likeness (QED) is 0.457. The summed E-state index contributed by atoms with van der Waals surface area (Å²) in [5.41, 5.74) is 0. The number of alkyl halides is 3. The predicted molar refractivity (Wildman–Crippen MR) is 28.8 cm³/mol. The third-order valence-corrected chi connectivity index (χ3v) is 0.899. The Kier molecular flexibility index (Phi) is 2.66. The van der Waals surface area contributed by atoms with Gasteiger partial charge in [-0.25, -0.2) is 8.78 Å². The maximum Gasteiger partial charge on any atom is 0.354 e. The zero-order chi connectivity index (χ0) is 7.65. The minimum atomic E-state index is -3.87. The van der Waals surface area contributed by atoms with E-state index in [-0.39, 0.29) is 0 Å². The zero-order valence-electron chi connectivity index (χ0n) is 4.39. The fourth-order valence-corrected chi connectivity index (χ4v) is 0.468. The predicted octanol–water partition coefficient (Wildman–Crippen LogP) is 3.14. The van der Waals surface area contributed by atoms with Crippen LogP contribution in [0.25, 0.3) is 0 Å². The van der Waals surface area contributed by atoms with Crippen molar-refractivity contribution in [1.82, 2.24) is 0 Å². The van der Waals surface area contributed by atoms with E-state index in [2.05, 4.69) is 0 Å². The molecule has 0 nitrogen and oxygen atoms in total. The van der Waals surface area contributed by atoms with E-state index in [1.54, 1.807) is 15.9 Å². The Balaban J connectivity index is 4.40. The van der Waals surface area contributed by atoms with Gasteiger partial charge in [-0.05, 0) is 22.9 Å². The monoisotopic (exact) mass is 206 g/mol. The molecule has 0 aromatic carbocycles. The first-order chi connectivity index (χ1) is 3.85. The lowest BCUT2D eigenvalue weighted by atomic mass is 10.5. The average molecular weight is 207 g/mol. The third-order valence-electron chi connectivity index (χ3n) is 0.551. The maximum atomic E-state index is 11.7. The van der Waals surface area contributed by atoms with Gasteiger partial charge in [0.25, 0.3) is 0 Å². The van der Waals surface area contributed by atoms with Crippen molar-refractivity contribution in [3.05, 3.63) is 11.7 Å². The van der Waals surface area contributed by atoms with Crippen LogP contribution in [-0.4, -0.2) is 4.83 Å². The number of allylic oxidation sites excluding steroid dienone is 2. The van der Waals surface area contributed by atoms with Gasteiger partial charge in [-0.3, -0.25) is 0 Å². The van der Waals surface area contributed by atoms with Crippen LogP contribution in [-0.2, 0) is 0 Å². The van der Waals surface area contributed by atoms with Crippen molar-refractivity contribution in [2.45, 2.75) is 11.8 Å². The van der Waals surface area contributed by atoms with Gasteiger partial charge in [-0.1, -0.05) is 0 Å². The van der Waals surface area contributed by atoms with Crippen LogP contribution in [0.15, 0.2) is 11.7 Å². The number of hydrogen-bond donors (Lipinski definition) is 0. The number of rotatable bonds is 1. The van der Waals surface area contributed by atoms with Gasteiger partial charge in [0.1, 0.15) is 5.83 Å². The third kappa shape index (κ3) is 2.84. The SMILES string of the molecule is C/C(F)=C(/F)C(F)(F)Br. The summed E-state index contributed by atoms with van der Waals surface area (Å²) in [6, 6.07) is 0. The molecule has 0 radical (unpaired) electrons. The lowest BCUT2D eigenvalue weighted by molar-refractivity contribution is 0.122. The molecule has 0 atom stereocenters. The second-order valence-electron chi connectivity index (χ2n) is 1.35. The van der Waals surface area contributed by atoms with Gasteiger partial charge in [-0.15, -0.1) is 0 Å². The summed E-state index contributed by atoms with van der Waals surface area (Å²) in [5, 5.41) is 0. The summed E-state index contributed by atoms with van der Waals surface area (Å²) in [6.07, 6.45) is 0. The Morgan fingerprint density at radius 3 is 1.67 bits per heavy atom. The van der Waals surface area contributed by atoms with Gasteiger partial charge in [0.05, 0.1) is 0 Å². The number of hydrogen-bond acceptors (Lipinski definition) is 0. The summed E-state index contributed by atoms with van der Waals surface area (Å²) in [7, 11) is 0. The van der Waals surface area contributed by atoms with Gasteiger partial charge in [0, 0.05) is 0 Å². The molecule has 0 saturated carbocycles. The molecule has 0 aliphatic rings. The lowest BCUT2D eigenvalue weighted by Crippen LogP contribution is -2.05. The first-order valence-corrected chi connectivity index (χ1v) is 2.74. The fourth-order valence-electron chi connectivity index (χ4n) is 0.195. The van der Waals surface area contributed by atoms with E-state index in [1.807, 2.05) is 0 Å². The Bertz CT molecular complexity index is 130. The van der Waals surface area contributed by atoms with E-state index in [1.165, 1.54) is 0 Å². The molecule has 0 rings (SSSR count). The molecule has 0 aliphatic heterocycles. The Morgan fingerprint density at radius 1 is 1.33 bits per heavy atom. The molecule has 0 aromatic heterocycles. The molecule has 9 heavy (non-hydrogen) atoms.